The molecule has 1 heterocycles. The first kappa shape index (κ1) is 9.93. The first-order chi connectivity index (χ1) is 6.43. The Balaban J connectivity index is 2.13. The van der Waals surface area contributed by atoms with Crippen molar-refractivity contribution < 1.29 is 0 Å². The summed E-state index contributed by atoms with van der Waals surface area (Å²) in [6, 6.07) is 4.11. The third-order valence-electron chi connectivity index (χ3n) is 1.84. The summed E-state index contributed by atoms with van der Waals surface area (Å²) in [7, 11) is 0. The first-order valence-corrected chi connectivity index (χ1v) is 4.64. The lowest BCUT2D eigenvalue weighted by atomic mass is 10.2. The van der Waals surface area contributed by atoms with E-state index < -0.39 is 0 Å². The van der Waals surface area contributed by atoms with Gasteiger partial charge in [0.15, 0.2) is 0 Å². The van der Waals surface area contributed by atoms with Gasteiger partial charge in [-0.05, 0) is 37.6 Å². The Hall–Kier alpha value is -1.15. The van der Waals surface area contributed by atoms with Crippen molar-refractivity contribution in [2.24, 2.45) is 0 Å². The number of allylic oxidation sites excluding steroid dienone is 1. The Labute approximate surface area is 79.7 Å². The van der Waals surface area contributed by atoms with E-state index in [1.54, 1.807) is 0 Å². The molecule has 1 aromatic heterocycles. The molecule has 0 unspecified atom stereocenters. The standard InChI is InChI=1S/C11H16N2/c1-2-3-7-12-8-4-11-5-9-13-10-6-11/h2-3,5-6,9-10,12H,4,7-8H2,1H3/b3-2+. The predicted octanol–water partition coefficient (Wildman–Crippen LogP) is 1.79. The highest BCUT2D eigenvalue weighted by atomic mass is 14.8. The second-order valence-corrected chi connectivity index (χ2v) is 2.88. The quantitative estimate of drug-likeness (QED) is 0.546. The third kappa shape index (κ3) is 4.43. The van der Waals surface area contributed by atoms with E-state index in [-0.39, 0.29) is 0 Å². The number of hydrogen-bond donors (Lipinski definition) is 1. The van der Waals surface area contributed by atoms with E-state index in [0.29, 0.717) is 0 Å². The predicted molar refractivity (Wildman–Crippen MR) is 55.6 cm³/mol. The van der Waals surface area contributed by atoms with Crippen LogP contribution in [0.15, 0.2) is 36.7 Å². The maximum atomic E-state index is 3.97. The molecule has 0 saturated carbocycles. The van der Waals surface area contributed by atoms with Gasteiger partial charge >= 0.3 is 0 Å². The maximum Gasteiger partial charge on any atom is 0.0270 e. The molecule has 0 aliphatic rings. The number of pyridine rings is 1. The zero-order valence-electron chi connectivity index (χ0n) is 8.03. The fourth-order valence-electron chi connectivity index (χ4n) is 1.09. The molecule has 1 N–H and O–H groups in total. The zero-order valence-corrected chi connectivity index (χ0v) is 8.03. The van der Waals surface area contributed by atoms with E-state index in [1.165, 1.54) is 5.56 Å². The third-order valence-corrected chi connectivity index (χ3v) is 1.84. The molecule has 13 heavy (non-hydrogen) atoms. The van der Waals surface area contributed by atoms with E-state index >= 15 is 0 Å². The van der Waals surface area contributed by atoms with Crippen molar-refractivity contribution in [1.29, 1.82) is 0 Å². The average Bonchev–Trinajstić information content (AvgIpc) is 2.19. The molecular formula is C11H16N2. The Morgan fingerprint density at radius 1 is 1.38 bits per heavy atom. The van der Waals surface area contributed by atoms with E-state index in [2.05, 4.69) is 34.6 Å². The zero-order chi connectivity index (χ0) is 9.36. The van der Waals surface area contributed by atoms with Gasteiger partial charge in [0, 0.05) is 18.9 Å². The molecule has 1 aromatic rings. The monoisotopic (exact) mass is 176 g/mol. The highest BCUT2D eigenvalue weighted by Gasteiger charge is 1.89. The van der Waals surface area contributed by atoms with Crippen LogP contribution in [0.3, 0.4) is 0 Å². The first-order valence-electron chi connectivity index (χ1n) is 4.64. The van der Waals surface area contributed by atoms with Crippen LogP contribution in [0.1, 0.15) is 12.5 Å². The van der Waals surface area contributed by atoms with Gasteiger partial charge in [0.2, 0.25) is 0 Å². The second-order valence-electron chi connectivity index (χ2n) is 2.88. The van der Waals surface area contributed by atoms with Gasteiger partial charge in [0.05, 0.1) is 0 Å². The lowest BCUT2D eigenvalue weighted by Gasteiger charge is -2.00. The number of nitrogens with zero attached hydrogens (tertiary/aromatic N) is 1. The minimum absolute atomic E-state index is 0.960. The summed E-state index contributed by atoms with van der Waals surface area (Å²) in [6.07, 6.45) is 8.91. The summed E-state index contributed by atoms with van der Waals surface area (Å²) in [5, 5.41) is 3.33. The van der Waals surface area contributed by atoms with Crippen LogP contribution in [0.5, 0.6) is 0 Å². The van der Waals surface area contributed by atoms with Gasteiger partial charge in [-0.2, -0.15) is 0 Å². The molecule has 0 aliphatic heterocycles. The van der Waals surface area contributed by atoms with Crippen molar-refractivity contribution in [1.82, 2.24) is 10.3 Å². The summed E-state index contributed by atoms with van der Waals surface area (Å²) < 4.78 is 0. The molecule has 0 atom stereocenters. The van der Waals surface area contributed by atoms with E-state index in [1.807, 2.05) is 19.3 Å². The van der Waals surface area contributed by atoms with Crippen molar-refractivity contribution >= 4 is 0 Å². The normalized spacial score (nSPS) is 10.8. The highest BCUT2D eigenvalue weighted by molar-refractivity contribution is 5.09. The van der Waals surface area contributed by atoms with Crippen LogP contribution in [0.2, 0.25) is 0 Å². The largest absolute Gasteiger partial charge is 0.313 e. The fraction of sp³-hybridized carbons (Fsp3) is 0.364. The minimum Gasteiger partial charge on any atom is -0.313 e. The Morgan fingerprint density at radius 2 is 2.15 bits per heavy atom. The highest BCUT2D eigenvalue weighted by Crippen LogP contribution is 1.95. The van der Waals surface area contributed by atoms with Crippen LogP contribution < -0.4 is 5.32 Å². The van der Waals surface area contributed by atoms with Crippen LogP contribution in [0.4, 0.5) is 0 Å². The molecule has 0 saturated heterocycles. The van der Waals surface area contributed by atoms with Gasteiger partial charge in [-0.25, -0.2) is 0 Å². The molecule has 0 fully saturated rings. The van der Waals surface area contributed by atoms with Crippen LogP contribution in [-0.2, 0) is 6.42 Å². The molecule has 0 bridgehead atoms. The van der Waals surface area contributed by atoms with Crippen molar-refractivity contribution in [3.05, 3.63) is 42.2 Å². The summed E-state index contributed by atoms with van der Waals surface area (Å²) >= 11 is 0. The van der Waals surface area contributed by atoms with Crippen LogP contribution >= 0.6 is 0 Å². The summed E-state index contributed by atoms with van der Waals surface area (Å²) in [5.41, 5.74) is 1.34. The maximum absolute atomic E-state index is 3.97. The molecule has 0 spiro atoms. The summed E-state index contributed by atoms with van der Waals surface area (Å²) in [5.74, 6) is 0. The number of aromatic nitrogens is 1. The molecule has 70 valence electrons. The number of rotatable bonds is 5. The van der Waals surface area contributed by atoms with Crippen molar-refractivity contribution in [3.8, 4) is 0 Å². The van der Waals surface area contributed by atoms with Gasteiger partial charge < -0.3 is 5.32 Å². The minimum atomic E-state index is 0.960. The van der Waals surface area contributed by atoms with E-state index in [4.69, 9.17) is 0 Å². The van der Waals surface area contributed by atoms with Gasteiger partial charge in [-0.1, -0.05) is 12.2 Å². The lowest BCUT2D eigenvalue weighted by molar-refractivity contribution is 0.743. The summed E-state index contributed by atoms with van der Waals surface area (Å²) in [4.78, 5) is 3.97. The summed E-state index contributed by atoms with van der Waals surface area (Å²) in [6.45, 7) is 4.01. The molecule has 2 heteroatoms. The average molecular weight is 176 g/mol. The second kappa shape index (κ2) is 6.38. The van der Waals surface area contributed by atoms with E-state index in [0.717, 1.165) is 19.5 Å². The van der Waals surface area contributed by atoms with Gasteiger partial charge in [0.25, 0.3) is 0 Å². The van der Waals surface area contributed by atoms with Crippen molar-refractivity contribution in [2.75, 3.05) is 13.1 Å². The van der Waals surface area contributed by atoms with Crippen molar-refractivity contribution in [2.45, 2.75) is 13.3 Å². The topological polar surface area (TPSA) is 24.9 Å². The molecular weight excluding hydrogens is 160 g/mol. The van der Waals surface area contributed by atoms with Crippen molar-refractivity contribution in [3.63, 3.8) is 0 Å². The Bertz CT molecular complexity index is 242. The van der Waals surface area contributed by atoms with Gasteiger partial charge in [-0.3, -0.25) is 4.98 Å². The molecule has 0 radical (unpaired) electrons. The molecule has 1 rings (SSSR count). The molecule has 0 amide bonds. The number of hydrogen-bond acceptors (Lipinski definition) is 2. The smallest absolute Gasteiger partial charge is 0.0270 e. The van der Waals surface area contributed by atoms with Crippen LogP contribution in [0.25, 0.3) is 0 Å². The molecule has 2 nitrogen and oxygen atoms in total. The molecule has 0 aromatic carbocycles. The Kier molecular flexibility index (Phi) is 4.87. The molecule has 0 aliphatic carbocycles. The lowest BCUT2D eigenvalue weighted by Crippen LogP contribution is -2.16. The number of nitrogens with one attached hydrogen (secondary N) is 1. The van der Waals surface area contributed by atoms with Crippen LogP contribution in [0, 0.1) is 0 Å². The van der Waals surface area contributed by atoms with Crippen LogP contribution in [-0.4, -0.2) is 18.1 Å². The fourth-order valence-corrected chi connectivity index (χ4v) is 1.09. The SMILES string of the molecule is C/C=C/CNCCc1ccncc1. The van der Waals surface area contributed by atoms with Gasteiger partial charge in [0.1, 0.15) is 0 Å². The van der Waals surface area contributed by atoms with Gasteiger partial charge in [-0.15, -0.1) is 0 Å². The Morgan fingerprint density at radius 3 is 2.85 bits per heavy atom. The van der Waals surface area contributed by atoms with E-state index in [9.17, 15) is 0 Å².